The quantitative estimate of drug-likeness (QED) is 0.309. The normalized spacial score (nSPS) is 17.9. The number of ketones is 1. The molecule has 3 rings (SSSR count). The van der Waals surface area contributed by atoms with Crippen molar-refractivity contribution < 1.29 is 19.4 Å². The predicted octanol–water partition coefficient (Wildman–Crippen LogP) is 4.61. The van der Waals surface area contributed by atoms with Crippen molar-refractivity contribution in [3.8, 4) is 5.75 Å². The maximum Gasteiger partial charge on any atom is 0.295 e. The molecule has 2 aromatic carbocycles. The van der Waals surface area contributed by atoms with E-state index in [0.29, 0.717) is 31.0 Å². The average molecular weight is 501 g/mol. The average Bonchev–Trinajstić information content (AvgIpc) is 3.05. The SMILES string of the molecule is CCOc1ccc(/C(O)=C2\C(=O)C(=O)N(CCN(CC)CC)[C@H]2c2ccc(Br)cc2)cc1. The van der Waals surface area contributed by atoms with E-state index in [2.05, 4.69) is 34.7 Å². The van der Waals surface area contributed by atoms with E-state index in [4.69, 9.17) is 4.74 Å². The number of carbonyl (C=O) groups excluding carboxylic acids is 2. The van der Waals surface area contributed by atoms with E-state index in [1.807, 2.05) is 31.2 Å². The third-order valence-electron chi connectivity index (χ3n) is 5.72. The van der Waals surface area contributed by atoms with Gasteiger partial charge in [0.25, 0.3) is 11.7 Å². The van der Waals surface area contributed by atoms with Crippen LogP contribution in [0.4, 0.5) is 0 Å². The number of nitrogens with zero attached hydrogens (tertiary/aromatic N) is 2. The molecule has 0 spiro atoms. The monoisotopic (exact) mass is 500 g/mol. The topological polar surface area (TPSA) is 70.1 Å². The van der Waals surface area contributed by atoms with Gasteiger partial charge in [0.2, 0.25) is 0 Å². The Morgan fingerprint density at radius 3 is 2.22 bits per heavy atom. The summed E-state index contributed by atoms with van der Waals surface area (Å²) in [6, 6.07) is 13.7. The lowest BCUT2D eigenvalue weighted by molar-refractivity contribution is -0.140. The first-order chi connectivity index (χ1) is 15.4. The van der Waals surface area contributed by atoms with Crippen LogP contribution in [0, 0.1) is 0 Å². The molecule has 1 amide bonds. The first-order valence-corrected chi connectivity index (χ1v) is 11.7. The van der Waals surface area contributed by atoms with Crippen LogP contribution in [0.3, 0.4) is 0 Å². The molecular weight excluding hydrogens is 472 g/mol. The van der Waals surface area contributed by atoms with Crippen LogP contribution in [0.2, 0.25) is 0 Å². The highest BCUT2D eigenvalue weighted by Crippen LogP contribution is 2.39. The van der Waals surface area contributed by atoms with Crippen molar-refractivity contribution in [1.82, 2.24) is 9.80 Å². The minimum absolute atomic E-state index is 0.112. The van der Waals surface area contributed by atoms with Crippen molar-refractivity contribution in [3.05, 3.63) is 69.7 Å². The molecule has 1 aliphatic heterocycles. The molecule has 1 atom stereocenters. The molecular formula is C25H29BrN2O4. The van der Waals surface area contributed by atoms with Gasteiger partial charge < -0.3 is 19.6 Å². The molecule has 1 fully saturated rings. The molecule has 1 aliphatic rings. The molecule has 1 heterocycles. The minimum atomic E-state index is -0.663. The third kappa shape index (κ3) is 5.05. The molecule has 1 N–H and O–H groups in total. The van der Waals surface area contributed by atoms with Gasteiger partial charge in [0.15, 0.2) is 0 Å². The van der Waals surface area contributed by atoms with Crippen LogP contribution in [0.1, 0.15) is 37.9 Å². The van der Waals surface area contributed by atoms with Crippen molar-refractivity contribution in [2.75, 3.05) is 32.8 Å². The first-order valence-electron chi connectivity index (χ1n) is 10.9. The summed E-state index contributed by atoms with van der Waals surface area (Å²) in [6.45, 7) is 9.32. The van der Waals surface area contributed by atoms with E-state index in [0.717, 1.165) is 23.1 Å². The number of ether oxygens (including phenoxy) is 1. The lowest BCUT2D eigenvalue weighted by atomic mass is 9.95. The Labute approximate surface area is 197 Å². The molecule has 32 heavy (non-hydrogen) atoms. The van der Waals surface area contributed by atoms with Gasteiger partial charge in [0.05, 0.1) is 18.2 Å². The zero-order chi connectivity index (χ0) is 23.3. The fraction of sp³-hybridized carbons (Fsp3) is 0.360. The van der Waals surface area contributed by atoms with E-state index in [-0.39, 0.29) is 11.3 Å². The largest absolute Gasteiger partial charge is 0.507 e. The van der Waals surface area contributed by atoms with Gasteiger partial charge in [-0.25, -0.2) is 0 Å². The lowest BCUT2D eigenvalue weighted by Crippen LogP contribution is -2.38. The maximum absolute atomic E-state index is 13.1. The Morgan fingerprint density at radius 2 is 1.66 bits per heavy atom. The van der Waals surface area contributed by atoms with Crippen molar-refractivity contribution >= 4 is 33.4 Å². The molecule has 170 valence electrons. The summed E-state index contributed by atoms with van der Waals surface area (Å²) in [5, 5.41) is 11.1. The maximum atomic E-state index is 13.1. The summed E-state index contributed by atoms with van der Waals surface area (Å²) >= 11 is 3.43. The third-order valence-corrected chi connectivity index (χ3v) is 6.24. The minimum Gasteiger partial charge on any atom is -0.507 e. The molecule has 0 aromatic heterocycles. The number of Topliss-reactive ketones (excluding diaryl/α,β-unsaturated/α-hetero) is 1. The number of benzene rings is 2. The van der Waals surface area contributed by atoms with Crippen LogP contribution >= 0.6 is 15.9 Å². The van der Waals surface area contributed by atoms with Gasteiger partial charge >= 0.3 is 0 Å². The molecule has 2 aromatic rings. The van der Waals surface area contributed by atoms with E-state index < -0.39 is 17.7 Å². The number of likely N-dealkylation sites (tertiary alicyclic amines) is 1. The summed E-state index contributed by atoms with van der Waals surface area (Å²) in [4.78, 5) is 29.9. The lowest BCUT2D eigenvalue weighted by Gasteiger charge is -2.28. The van der Waals surface area contributed by atoms with Gasteiger partial charge in [-0.2, -0.15) is 0 Å². The summed E-state index contributed by atoms with van der Waals surface area (Å²) < 4.78 is 6.36. The number of hydrogen-bond donors (Lipinski definition) is 1. The first kappa shape index (κ1) is 24.0. The number of hydrogen-bond acceptors (Lipinski definition) is 5. The number of halogens is 1. The second-order valence-electron chi connectivity index (χ2n) is 7.53. The number of rotatable bonds is 9. The smallest absolute Gasteiger partial charge is 0.295 e. The van der Waals surface area contributed by atoms with Crippen LogP contribution in [0.5, 0.6) is 5.75 Å². The fourth-order valence-corrected chi connectivity index (χ4v) is 4.19. The fourth-order valence-electron chi connectivity index (χ4n) is 3.92. The molecule has 0 saturated carbocycles. The Bertz CT molecular complexity index is 982. The summed E-state index contributed by atoms with van der Waals surface area (Å²) in [6.07, 6.45) is 0. The van der Waals surface area contributed by atoms with E-state index >= 15 is 0 Å². The van der Waals surface area contributed by atoms with Gasteiger partial charge in [-0.1, -0.05) is 41.9 Å². The second kappa shape index (κ2) is 10.8. The van der Waals surface area contributed by atoms with E-state index in [1.54, 1.807) is 29.2 Å². The Morgan fingerprint density at radius 1 is 1.03 bits per heavy atom. The van der Waals surface area contributed by atoms with Crippen molar-refractivity contribution in [2.45, 2.75) is 26.8 Å². The van der Waals surface area contributed by atoms with E-state index in [1.165, 1.54) is 0 Å². The molecule has 0 unspecified atom stereocenters. The zero-order valence-corrected chi connectivity index (χ0v) is 20.3. The van der Waals surface area contributed by atoms with Crippen molar-refractivity contribution in [2.24, 2.45) is 0 Å². The van der Waals surface area contributed by atoms with Crippen molar-refractivity contribution in [1.29, 1.82) is 0 Å². The number of amides is 1. The molecule has 0 aliphatic carbocycles. The van der Waals surface area contributed by atoms with Crippen molar-refractivity contribution in [3.63, 3.8) is 0 Å². The Kier molecular flexibility index (Phi) is 8.10. The van der Waals surface area contributed by atoms with Gasteiger partial charge in [-0.05, 0) is 62.0 Å². The molecule has 0 bridgehead atoms. The standard InChI is InChI=1S/C25H29BrN2O4/c1-4-27(5-2)15-16-28-22(17-7-11-19(26)12-8-17)21(24(30)25(28)31)23(29)18-9-13-20(14-10-18)32-6-3/h7-14,22,29H,4-6,15-16H2,1-3H3/b23-21+/t22-/m0/s1. The molecule has 6 nitrogen and oxygen atoms in total. The summed E-state index contributed by atoms with van der Waals surface area (Å²) in [7, 11) is 0. The zero-order valence-electron chi connectivity index (χ0n) is 18.7. The van der Waals surface area contributed by atoms with Gasteiger partial charge in [-0.3, -0.25) is 9.59 Å². The number of carbonyl (C=O) groups is 2. The van der Waals surface area contributed by atoms with Gasteiger partial charge in [0.1, 0.15) is 11.5 Å². The molecule has 0 radical (unpaired) electrons. The highest BCUT2D eigenvalue weighted by atomic mass is 79.9. The van der Waals surface area contributed by atoms with Gasteiger partial charge in [-0.15, -0.1) is 0 Å². The van der Waals surface area contributed by atoms with E-state index in [9.17, 15) is 14.7 Å². The van der Waals surface area contributed by atoms with Crippen LogP contribution in [-0.4, -0.2) is 59.4 Å². The van der Waals surface area contributed by atoms with Crippen LogP contribution in [-0.2, 0) is 9.59 Å². The van der Waals surface area contributed by atoms with Crippen LogP contribution in [0.25, 0.3) is 5.76 Å². The predicted molar refractivity (Wildman–Crippen MR) is 129 cm³/mol. The van der Waals surface area contributed by atoms with Gasteiger partial charge in [0, 0.05) is 23.1 Å². The number of aliphatic hydroxyl groups is 1. The summed E-state index contributed by atoms with van der Waals surface area (Å²) in [5.41, 5.74) is 1.36. The highest BCUT2D eigenvalue weighted by Gasteiger charge is 2.45. The summed E-state index contributed by atoms with van der Waals surface area (Å²) in [5.74, 6) is -0.751. The molecule has 7 heteroatoms. The highest BCUT2D eigenvalue weighted by molar-refractivity contribution is 9.10. The Hall–Kier alpha value is -2.64. The number of aliphatic hydroxyl groups excluding tert-OH is 1. The Balaban J connectivity index is 2.05. The van der Waals surface area contributed by atoms with Crippen LogP contribution in [0.15, 0.2) is 58.6 Å². The van der Waals surface area contributed by atoms with Crippen LogP contribution < -0.4 is 4.74 Å². The number of likely N-dealkylation sites (N-methyl/N-ethyl adjacent to an activating group) is 1. The molecule has 1 saturated heterocycles. The second-order valence-corrected chi connectivity index (χ2v) is 8.44.